The van der Waals surface area contributed by atoms with Gasteiger partial charge in [-0.15, -0.1) is 0 Å². The number of hydrogen-bond donors (Lipinski definition) is 0. The summed E-state index contributed by atoms with van der Waals surface area (Å²) in [4.78, 5) is 0. The molecule has 10 aromatic rings. The lowest BCUT2D eigenvalue weighted by atomic mass is 9.33. The monoisotopic (exact) mass is 754 g/mol. The van der Waals surface area contributed by atoms with Crippen molar-refractivity contribution in [3.05, 3.63) is 209 Å². The van der Waals surface area contributed by atoms with E-state index in [1.807, 2.05) is 0 Å². The Bertz CT molecular complexity index is 3100. The average molecular weight is 755 g/mol. The highest BCUT2D eigenvalue weighted by Crippen LogP contribution is 2.45. The summed E-state index contributed by atoms with van der Waals surface area (Å²) in [6, 6.07) is 66.0. The molecule has 0 bridgehead atoms. The Morgan fingerprint density at radius 2 is 0.712 bits per heavy atom. The maximum atomic E-state index is 2.57. The van der Waals surface area contributed by atoms with Crippen molar-refractivity contribution in [3.8, 4) is 44.5 Å². The van der Waals surface area contributed by atoms with E-state index in [0.717, 1.165) is 0 Å². The van der Waals surface area contributed by atoms with Crippen LogP contribution in [0.15, 0.2) is 176 Å². The molecule has 1 heteroatoms. The smallest absolute Gasteiger partial charge is 0.0629 e. The molecule has 282 valence electrons. The van der Waals surface area contributed by atoms with E-state index >= 15 is 0 Å². The van der Waals surface area contributed by atoms with Crippen LogP contribution in [0.25, 0.3) is 76.8 Å². The van der Waals surface area contributed by atoms with Crippen LogP contribution in [-0.4, -0.2) is 6.71 Å². The molecule has 0 atom stereocenters. The molecule has 0 heterocycles. The van der Waals surface area contributed by atoms with Crippen molar-refractivity contribution >= 4 is 55.4 Å². The number of rotatable bonds is 7. The molecule has 0 aliphatic rings. The topological polar surface area (TPSA) is 0 Å². The molecule has 59 heavy (non-hydrogen) atoms. The minimum atomic E-state index is 0.0154. The molecule has 0 amide bonds. The predicted molar refractivity (Wildman–Crippen MR) is 258 cm³/mol. The molecule has 10 aromatic carbocycles. The molecule has 0 saturated heterocycles. The normalized spacial score (nSPS) is 11.6. The summed E-state index contributed by atoms with van der Waals surface area (Å²) >= 11 is 0. The van der Waals surface area contributed by atoms with Crippen LogP contribution in [0.4, 0.5) is 0 Å². The summed E-state index contributed by atoms with van der Waals surface area (Å²) in [7, 11) is 0. The Morgan fingerprint density at radius 1 is 0.305 bits per heavy atom. The standard InChI is InChI=1S/C58H47B/c1-36-31-38(3)57(39(4)32-36)59(58-40(5)33-37(2)34-41(58)6)54-35-53(48-24-16-14-22-46(48)43-19-11-8-12-20-43)51-28-26-44-25-27-49(50-29-30-52(54)56(51)55(44)50)47-23-15-13-21-45(47)42-17-9-7-10-18-42/h7-35H,1-6H3. The van der Waals surface area contributed by atoms with Crippen LogP contribution in [0.1, 0.15) is 33.4 Å². The van der Waals surface area contributed by atoms with Gasteiger partial charge in [0.05, 0.1) is 0 Å². The Kier molecular flexibility index (Phi) is 9.06. The molecule has 0 aliphatic heterocycles. The Labute approximate surface area is 349 Å². The van der Waals surface area contributed by atoms with E-state index in [2.05, 4.69) is 217 Å². The molecule has 0 saturated carbocycles. The number of hydrogen-bond acceptors (Lipinski definition) is 0. The van der Waals surface area contributed by atoms with E-state index in [1.54, 1.807) is 0 Å². The highest BCUT2D eigenvalue weighted by atomic mass is 14.2. The van der Waals surface area contributed by atoms with Crippen LogP contribution in [0, 0.1) is 41.5 Å². The molecule has 0 fully saturated rings. The summed E-state index contributed by atoms with van der Waals surface area (Å²) in [5.74, 6) is 0. The molecule has 0 aliphatic carbocycles. The first kappa shape index (κ1) is 36.6. The molecule has 0 nitrogen and oxygen atoms in total. The van der Waals surface area contributed by atoms with Gasteiger partial charge in [0.2, 0.25) is 6.71 Å². The SMILES string of the molecule is Cc1cc(C)c(B(c2c(C)cc(C)cc2C)c2cc(-c3ccccc3-c3ccccc3)c3ccc4ccc(-c5ccccc5-c5ccccc5)c5ccc2c3c45)c(C)c1. The first-order valence-electron chi connectivity index (χ1n) is 21.0. The fourth-order valence-electron chi connectivity index (χ4n) is 10.5. The van der Waals surface area contributed by atoms with Gasteiger partial charge in [0.15, 0.2) is 0 Å². The van der Waals surface area contributed by atoms with Crippen molar-refractivity contribution in [1.82, 2.24) is 0 Å². The highest BCUT2D eigenvalue weighted by Gasteiger charge is 2.32. The van der Waals surface area contributed by atoms with Crippen molar-refractivity contribution < 1.29 is 0 Å². The number of aryl methyl sites for hydroxylation is 6. The Hall–Kier alpha value is -6.70. The van der Waals surface area contributed by atoms with Gasteiger partial charge in [-0.25, -0.2) is 0 Å². The third-order valence-corrected chi connectivity index (χ3v) is 12.8. The summed E-state index contributed by atoms with van der Waals surface area (Å²) in [6.45, 7) is 13.7. The van der Waals surface area contributed by atoms with Crippen LogP contribution >= 0.6 is 0 Å². The molecule has 0 unspecified atom stereocenters. The molecular weight excluding hydrogens is 707 g/mol. The molecule has 10 rings (SSSR count). The van der Waals surface area contributed by atoms with Gasteiger partial charge >= 0.3 is 0 Å². The van der Waals surface area contributed by atoms with Crippen molar-refractivity contribution in [2.24, 2.45) is 0 Å². The minimum absolute atomic E-state index is 0.0154. The van der Waals surface area contributed by atoms with Crippen LogP contribution < -0.4 is 16.4 Å². The quantitative estimate of drug-likeness (QED) is 0.112. The lowest BCUT2D eigenvalue weighted by Gasteiger charge is -2.28. The zero-order valence-corrected chi connectivity index (χ0v) is 34.8. The first-order valence-corrected chi connectivity index (χ1v) is 21.0. The van der Waals surface area contributed by atoms with E-state index in [-0.39, 0.29) is 6.71 Å². The summed E-state index contributed by atoms with van der Waals surface area (Å²) < 4.78 is 0. The Balaban J connectivity index is 1.38. The number of benzene rings is 10. The van der Waals surface area contributed by atoms with Gasteiger partial charge in [-0.3, -0.25) is 0 Å². The van der Waals surface area contributed by atoms with Crippen LogP contribution in [0.3, 0.4) is 0 Å². The maximum absolute atomic E-state index is 2.57. The lowest BCUT2D eigenvalue weighted by molar-refractivity contribution is 1.34. The van der Waals surface area contributed by atoms with Gasteiger partial charge in [-0.1, -0.05) is 226 Å². The fourth-order valence-corrected chi connectivity index (χ4v) is 10.5. The van der Waals surface area contributed by atoms with E-state index in [9.17, 15) is 0 Å². The summed E-state index contributed by atoms with van der Waals surface area (Å²) in [6.07, 6.45) is 0. The van der Waals surface area contributed by atoms with E-state index in [4.69, 9.17) is 0 Å². The molecule has 0 N–H and O–H groups in total. The molecule has 0 spiro atoms. The van der Waals surface area contributed by atoms with E-state index < -0.39 is 0 Å². The van der Waals surface area contributed by atoms with Gasteiger partial charge in [0, 0.05) is 0 Å². The van der Waals surface area contributed by atoms with Crippen LogP contribution in [0.2, 0.25) is 0 Å². The van der Waals surface area contributed by atoms with Crippen molar-refractivity contribution in [2.75, 3.05) is 0 Å². The maximum Gasteiger partial charge on any atom is 0.243 e. The van der Waals surface area contributed by atoms with Crippen molar-refractivity contribution in [2.45, 2.75) is 41.5 Å². The Morgan fingerprint density at radius 3 is 1.24 bits per heavy atom. The molecule has 0 radical (unpaired) electrons. The summed E-state index contributed by atoms with van der Waals surface area (Å²) in [5, 5.41) is 7.81. The van der Waals surface area contributed by atoms with Gasteiger partial charge in [0.25, 0.3) is 0 Å². The van der Waals surface area contributed by atoms with Gasteiger partial charge in [-0.05, 0) is 118 Å². The van der Waals surface area contributed by atoms with Crippen LogP contribution in [-0.2, 0) is 0 Å². The van der Waals surface area contributed by atoms with Crippen LogP contribution in [0.5, 0.6) is 0 Å². The second-order valence-corrected chi connectivity index (χ2v) is 16.8. The fraction of sp³-hybridized carbons (Fsp3) is 0.103. The van der Waals surface area contributed by atoms with Gasteiger partial charge in [-0.2, -0.15) is 0 Å². The second kappa shape index (κ2) is 14.6. The van der Waals surface area contributed by atoms with E-state index in [1.165, 1.54) is 127 Å². The zero-order chi connectivity index (χ0) is 40.4. The zero-order valence-electron chi connectivity index (χ0n) is 34.8. The molecular formula is C58H47B. The van der Waals surface area contributed by atoms with Gasteiger partial charge < -0.3 is 0 Å². The summed E-state index contributed by atoms with van der Waals surface area (Å²) in [5.41, 5.74) is 22.1. The first-order chi connectivity index (χ1) is 28.8. The highest BCUT2D eigenvalue weighted by molar-refractivity contribution is 6.98. The third kappa shape index (κ3) is 6.16. The second-order valence-electron chi connectivity index (χ2n) is 16.8. The lowest BCUT2D eigenvalue weighted by Crippen LogP contribution is -2.56. The van der Waals surface area contributed by atoms with E-state index in [0.29, 0.717) is 0 Å². The van der Waals surface area contributed by atoms with Crippen molar-refractivity contribution in [1.29, 1.82) is 0 Å². The average Bonchev–Trinajstić information content (AvgIpc) is 3.25. The van der Waals surface area contributed by atoms with Gasteiger partial charge in [0.1, 0.15) is 0 Å². The largest absolute Gasteiger partial charge is 0.243 e. The molecule has 0 aromatic heterocycles. The minimum Gasteiger partial charge on any atom is -0.0629 e. The predicted octanol–water partition coefficient (Wildman–Crippen LogP) is 13.6. The van der Waals surface area contributed by atoms with Crippen molar-refractivity contribution in [3.63, 3.8) is 0 Å². The third-order valence-electron chi connectivity index (χ3n) is 12.8.